The van der Waals surface area contributed by atoms with Crippen LogP contribution in [-0.2, 0) is 16.4 Å². The van der Waals surface area contributed by atoms with Crippen LogP contribution in [0, 0.1) is 0 Å². The van der Waals surface area contributed by atoms with Gasteiger partial charge in [0, 0.05) is 12.2 Å². The van der Waals surface area contributed by atoms with E-state index in [0.717, 1.165) is 22.6 Å². The molecule has 0 atom stereocenters. The number of urea groups is 1. The summed E-state index contributed by atoms with van der Waals surface area (Å²) in [5.41, 5.74) is 2.10. The van der Waals surface area contributed by atoms with Gasteiger partial charge < -0.3 is 15.4 Å². The Kier molecular flexibility index (Phi) is 5.62. The lowest BCUT2D eigenvalue weighted by Crippen LogP contribution is -2.28. The third kappa shape index (κ3) is 4.55. The van der Waals surface area contributed by atoms with E-state index in [4.69, 9.17) is 4.74 Å². The summed E-state index contributed by atoms with van der Waals surface area (Å²) in [6.07, 6.45) is 0. The van der Waals surface area contributed by atoms with Crippen molar-refractivity contribution in [2.45, 2.75) is 17.8 Å². The number of benzene rings is 2. The van der Waals surface area contributed by atoms with Crippen molar-refractivity contribution in [3.05, 3.63) is 48.0 Å². The van der Waals surface area contributed by atoms with Gasteiger partial charge in [0.15, 0.2) is 0 Å². The highest BCUT2D eigenvalue weighted by Crippen LogP contribution is 2.28. The summed E-state index contributed by atoms with van der Waals surface area (Å²) < 4.78 is 29.8. The summed E-state index contributed by atoms with van der Waals surface area (Å²) in [4.78, 5) is 16.3. The lowest BCUT2D eigenvalue weighted by Gasteiger charge is -2.08. The lowest BCUT2D eigenvalue weighted by atomic mass is 10.2. The molecule has 3 rings (SSSR count). The molecule has 1 heterocycles. The summed E-state index contributed by atoms with van der Waals surface area (Å²) in [5, 5.41) is 5.52. The predicted octanol–water partition coefficient (Wildman–Crippen LogP) is 3.42. The normalized spacial score (nSPS) is 11.3. The molecule has 2 aromatic carbocycles. The number of amides is 2. The van der Waals surface area contributed by atoms with Crippen LogP contribution >= 0.6 is 11.3 Å². The first-order valence-corrected chi connectivity index (χ1v) is 10.7. The quantitative estimate of drug-likeness (QED) is 0.655. The van der Waals surface area contributed by atoms with Gasteiger partial charge >= 0.3 is 6.03 Å². The maximum atomic E-state index is 12.1. The number of carbonyl (C=O) groups excluding carboxylic acids is 1. The van der Waals surface area contributed by atoms with Crippen molar-refractivity contribution in [1.82, 2.24) is 10.3 Å². The summed E-state index contributed by atoms with van der Waals surface area (Å²) in [5.74, 6) is 0.761. The molecule has 0 fully saturated rings. The molecule has 27 heavy (non-hydrogen) atoms. The number of sulfone groups is 1. The van der Waals surface area contributed by atoms with Gasteiger partial charge in [0.2, 0.25) is 14.2 Å². The molecule has 0 unspecified atom stereocenters. The molecule has 0 aliphatic heterocycles. The highest BCUT2D eigenvalue weighted by Gasteiger charge is 2.17. The van der Waals surface area contributed by atoms with E-state index >= 15 is 0 Å². The topological polar surface area (TPSA) is 97.4 Å². The van der Waals surface area contributed by atoms with Crippen molar-refractivity contribution in [2.75, 3.05) is 18.2 Å². The zero-order valence-electron chi connectivity index (χ0n) is 14.9. The second-order valence-electron chi connectivity index (χ2n) is 5.72. The Hall–Kier alpha value is -2.65. The highest BCUT2D eigenvalue weighted by molar-refractivity contribution is 7.93. The summed E-state index contributed by atoms with van der Waals surface area (Å²) in [6, 6.07) is 12.2. The molecule has 0 saturated carbocycles. The molecule has 142 valence electrons. The van der Waals surface area contributed by atoms with Crippen LogP contribution in [0.3, 0.4) is 0 Å². The number of thiazole rings is 1. The first-order valence-electron chi connectivity index (χ1n) is 8.22. The van der Waals surface area contributed by atoms with E-state index in [9.17, 15) is 13.2 Å². The van der Waals surface area contributed by atoms with Gasteiger partial charge in [-0.15, -0.1) is 11.3 Å². The van der Waals surface area contributed by atoms with Gasteiger partial charge in [0.25, 0.3) is 0 Å². The number of aromatic nitrogens is 1. The highest BCUT2D eigenvalue weighted by atomic mass is 32.2. The first-order chi connectivity index (χ1) is 12.9. The SMILES string of the molecule is CCS(=O)(=O)c1nc2ccc(NC(=O)NCc3ccc(OC)cc3)cc2s1. The molecule has 0 saturated heterocycles. The fourth-order valence-electron chi connectivity index (χ4n) is 2.34. The van der Waals surface area contributed by atoms with E-state index in [1.807, 2.05) is 24.3 Å². The summed E-state index contributed by atoms with van der Waals surface area (Å²) >= 11 is 1.10. The van der Waals surface area contributed by atoms with Crippen LogP contribution in [0.25, 0.3) is 10.2 Å². The average Bonchev–Trinajstić information content (AvgIpc) is 3.11. The van der Waals surface area contributed by atoms with E-state index in [1.165, 1.54) is 0 Å². The number of hydrogen-bond donors (Lipinski definition) is 2. The van der Waals surface area contributed by atoms with E-state index in [0.29, 0.717) is 22.4 Å². The molecule has 0 radical (unpaired) electrons. The minimum atomic E-state index is -3.34. The standard InChI is InChI=1S/C18H19N3O4S2/c1-3-27(23,24)18-21-15-9-6-13(10-16(15)26-18)20-17(22)19-11-12-4-7-14(25-2)8-5-12/h4-10H,3,11H2,1-2H3,(H2,19,20,22). The number of nitrogens with one attached hydrogen (secondary N) is 2. The lowest BCUT2D eigenvalue weighted by molar-refractivity contribution is 0.251. The maximum Gasteiger partial charge on any atom is 0.319 e. The van der Waals surface area contributed by atoms with E-state index in [2.05, 4.69) is 15.6 Å². The van der Waals surface area contributed by atoms with Crippen molar-refractivity contribution in [1.29, 1.82) is 0 Å². The Morgan fingerprint density at radius 1 is 1.19 bits per heavy atom. The van der Waals surface area contributed by atoms with Crippen molar-refractivity contribution in [3.8, 4) is 5.75 Å². The van der Waals surface area contributed by atoms with Crippen molar-refractivity contribution in [2.24, 2.45) is 0 Å². The fourth-order valence-corrected chi connectivity index (χ4v) is 4.69. The number of nitrogens with zero attached hydrogens (tertiary/aromatic N) is 1. The molecule has 0 spiro atoms. The van der Waals surface area contributed by atoms with Gasteiger partial charge in [0.05, 0.1) is 23.1 Å². The molecule has 1 aromatic heterocycles. The Bertz CT molecular complexity index is 1060. The Labute approximate surface area is 161 Å². The van der Waals surface area contributed by atoms with Crippen LogP contribution in [0.1, 0.15) is 12.5 Å². The average molecular weight is 406 g/mol. The number of ether oxygens (including phenoxy) is 1. The Morgan fingerprint density at radius 3 is 2.59 bits per heavy atom. The number of anilines is 1. The molecule has 7 nitrogen and oxygen atoms in total. The van der Waals surface area contributed by atoms with Crippen molar-refractivity contribution in [3.63, 3.8) is 0 Å². The molecular formula is C18H19N3O4S2. The molecule has 0 bridgehead atoms. The monoisotopic (exact) mass is 405 g/mol. The number of carbonyl (C=O) groups is 1. The predicted molar refractivity (Wildman–Crippen MR) is 106 cm³/mol. The number of rotatable bonds is 6. The zero-order chi connectivity index (χ0) is 19.4. The van der Waals surface area contributed by atoms with Crippen LogP contribution in [0.5, 0.6) is 5.75 Å². The van der Waals surface area contributed by atoms with Crippen LogP contribution in [0.4, 0.5) is 10.5 Å². The summed E-state index contributed by atoms with van der Waals surface area (Å²) in [7, 11) is -1.74. The van der Waals surface area contributed by atoms with Gasteiger partial charge in [-0.1, -0.05) is 19.1 Å². The molecule has 2 N–H and O–H groups in total. The maximum absolute atomic E-state index is 12.1. The van der Waals surface area contributed by atoms with Gasteiger partial charge in [0.1, 0.15) is 5.75 Å². The number of fused-ring (bicyclic) bond motifs is 1. The minimum absolute atomic E-state index is 0.00565. The molecule has 9 heteroatoms. The van der Waals surface area contributed by atoms with Gasteiger partial charge in [-0.05, 0) is 35.9 Å². The van der Waals surface area contributed by atoms with Crippen molar-refractivity contribution < 1.29 is 17.9 Å². The van der Waals surface area contributed by atoms with Crippen LogP contribution in [0.15, 0.2) is 46.8 Å². The van der Waals surface area contributed by atoms with Crippen LogP contribution < -0.4 is 15.4 Å². The molecule has 2 amide bonds. The molecule has 0 aliphatic carbocycles. The van der Waals surface area contributed by atoms with E-state index < -0.39 is 9.84 Å². The minimum Gasteiger partial charge on any atom is -0.497 e. The van der Waals surface area contributed by atoms with E-state index in [1.54, 1.807) is 32.2 Å². The first kappa shape index (κ1) is 19.1. The second kappa shape index (κ2) is 7.93. The molecular weight excluding hydrogens is 386 g/mol. The van der Waals surface area contributed by atoms with Crippen molar-refractivity contribution >= 4 is 43.1 Å². The van der Waals surface area contributed by atoms with Crippen LogP contribution in [0.2, 0.25) is 0 Å². The van der Waals surface area contributed by atoms with E-state index in [-0.39, 0.29) is 16.1 Å². The number of hydrogen-bond acceptors (Lipinski definition) is 6. The third-order valence-electron chi connectivity index (χ3n) is 3.88. The Morgan fingerprint density at radius 2 is 1.93 bits per heavy atom. The largest absolute Gasteiger partial charge is 0.497 e. The van der Waals surface area contributed by atoms with Gasteiger partial charge in [-0.25, -0.2) is 18.2 Å². The van der Waals surface area contributed by atoms with Crippen LogP contribution in [-0.4, -0.2) is 32.3 Å². The Balaban J connectivity index is 1.65. The third-order valence-corrected chi connectivity index (χ3v) is 7.09. The smallest absolute Gasteiger partial charge is 0.319 e. The zero-order valence-corrected chi connectivity index (χ0v) is 16.5. The van der Waals surface area contributed by atoms with Gasteiger partial charge in [-0.2, -0.15) is 0 Å². The molecule has 3 aromatic rings. The summed E-state index contributed by atoms with van der Waals surface area (Å²) in [6.45, 7) is 1.96. The number of methoxy groups -OCH3 is 1. The second-order valence-corrected chi connectivity index (χ2v) is 9.20. The molecule has 0 aliphatic rings. The van der Waals surface area contributed by atoms with Gasteiger partial charge in [-0.3, -0.25) is 0 Å². The fraction of sp³-hybridized carbons (Fsp3) is 0.222.